The van der Waals surface area contributed by atoms with Gasteiger partial charge < -0.3 is 4.90 Å². The summed E-state index contributed by atoms with van der Waals surface area (Å²) in [6, 6.07) is 3.74. The van der Waals surface area contributed by atoms with E-state index >= 15 is 0 Å². The minimum atomic E-state index is -4.86. The van der Waals surface area contributed by atoms with Gasteiger partial charge in [0.25, 0.3) is 5.91 Å². The molecule has 0 spiro atoms. The van der Waals surface area contributed by atoms with E-state index in [1.165, 1.54) is 0 Å². The van der Waals surface area contributed by atoms with Gasteiger partial charge in [-0.3, -0.25) is 4.79 Å². The third-order valence-corrected chi connectivity index (χ3v) is 3.20. The molecule has 1 saturated heterocycles. The standard InChI is InChI=1S/C13H10F4N2O/c14-11-9(4-1-5-10(11)13(15,16)17)12(20)19-6-2-3-8(19)7-18/h1,4-5,8H,2-3,6H2. The van der Waals surface area contributed by atoms with E-state index in [0.717, 1.165) is 17.0 Å². The number of hydrogen-bond donors (Lipinski definition) is 0. The van der Waals surface area contributed by atoms with Gasteiger partial charge >= 0.3 is 6.18 Å². The van der Waals surface area contributed by atoms with Crippen molar-refractivity contribution in [2.24, 2.45) is 0 Å². The van der Waals surface area contributed by atoms with Crippen LogP contribution in [0, 0.1) is 17.1 Å². The molecule has 1 fully saturated rings. The van der Waals surface area contributed by atoms with Crippen molar-refractivity contribution in [3.63, 3.8) is 0 Å². The predicted molar refractivity (Wildman–Crippen MR) is 61.1 cm³/mol. The van der Waals surface area contributed by atoms with Crippen LogP contribution in [0.4, 0.5) is 17.6 Å². The minimum absolute atomic E-state index is 0.243. The van der Waals surface area contributed by atoms with E-state index in [-0.39, 0.29) is 6.54 Å². The van der Waals surface area contributed by atoms with Crippen molar-refractivity contribution in [1.82, 2.24) is 4.90 Å². The summed E-state index contributed by atoms with van der Waals surface area (Å²) < 4.78 is 51.6. The molecule has 0 bridgehead atoms. The second-order valence-corrected chi connectivity index (χ2v) is 4.45. The topological polar surface area (TPSA) is 44.1 Å². The van der Waals surface area contributed by atoms with E-state index in [2.05, 4.69) is 0 Å². The number of amides is 1. The first-order valence-electron chi connectivity index (χ1n) is 5.92. The van der Waals surface area contributed by atoms with Gasteiger partial charge in [0, 0.05) is 6.54 Å². The van der Waals surface area contributed by atoms with Gasteiger partial charge in [-0.1, -0.05) is 6.07 Å². The van der Waals surface area contributed by atoms with Gasteiger partial charge in [0.15, 0.2) is 0 Å². The van der Waals surface area contributed by atoms with Crippen LogP contribution in [0.25, 0.3) is 0 Å². The van der Waals surface area contributed by atoms with E-state index < -0.39 is 35.1 Å². The molecule has 1 aliphatic rings. The molecule has 1 atom stereocenters. The Morgan fingerprint density at radius 1 is 1.40 bits per heavy atom. The molecular formula is C13H10F4N2O. The molecule has 7 heteroatoms. The SMILES string of the molecule is N#CC1CCCN1C(=O)c1cccc(C(F)(F)F)c1F. The van der Waals surface area contributed by atoms with Crippen LogP contribution in [-0.2, 0) is 6.18 Å². The first kappa shape index (κ1) is 14.3. The van der Waals surface area contributed by atoms with Crippen molar-refractivity contribution in [3.05, 3.63) is 35.1 Å². The Labute approximate surface area is 112 Å². The van der Waals surface area contributed by atoms with Crippen LogP contribution in [0.3, 0.4) is 0 Å². The zero-order chi connectivity index (χ0) is 14.9. The highest BCUT2D eigenvalue weighted by Crippen LogP contribution is 2.33. The largest absolute Gasteiger partial charge is 0.419 e. The van der Waals surface area contributed by atoms with E-state index in [9.17, 15) is 22.4 Å². The van der Waals surface area contributed by atoms with Gasteiger partial charge in [-0.25, -0.2) is 4.39 Å². The first-order valence-corrected chi connectivity index (χ1v) is 5.92. The van der Waals surface area contributed by atoms with E-state index in [4.69, 9.17) is 5.26 Å². The van der Waals surface area contributed by atoms with Crippen molar-refractivity contribution in [2.75, 3.05) is 6.54 Å². The number of nitriles is 1. The highest BCUT2D eigenvalue weighted by atomic mass is 19.4. The first-order chi connectivity index (χ1) is 9.36. The van der Waals surface area contributed by atoms with Crippen molar-refractivity contribution >= 4 is 5.91 Å². The van der Waals surface area contributed by atoms with Gasteiger partial charge in [0.1, 0.15) is 11.9 Å². The average molecular weight is 286 g/mol. The predicted octanol–water partition coefficient (Wildman–Crippen LogP) is 2.97. The Bertz CT molecular complexity index is 577. The summed E-state index contributed by atoms with van der Waals surface area (Å²) in [5, 5.41) is 8.87. The van der Waals surface area contributed by atoms with Gasteiger partial charge in [0.2, 0.25) is 0 Å². The zero-order valence-corrected chi connectivity index (χ0v) is 10.2. The third kappa shape index (κ3) is 2.46. The maximum Gasteiger partial charge on any atom is 0.419 e. The smallest absolute Gasteiger partial charge is 0.323 e. The molecule has 0 radical (unpaired) electrons. The lowest BCUT2D eigenvalue weighted by atomic mass is 10.1. The Kier molecular flexibility index (Phi) is 3.66. The number of likely N-dealkylation sites (tertiary alicyclic amines) is 1. The molecule has 106 valence electrons. The summed E-state index contributed by atoms with van der Waals surface area (Å²) in [7, 11) is 0. The maximum absolute atomic E-state index is 13.9. The molecule has 0 N–H and O–H groups in total. The van der Waals surface area contributed by atoms with Crippen molar-refractivity contribution in [2.45, 2.75) is 25.1 Å². The molecule has 1 aliphatic heterocycles. The van der Waals surface area contributed by atoms with Crippen molar-refractivity contribution < 1.29 is 22.4 Å². The Hall–Kier alpha value is -2.10. The minimum Gasteiger partial charge on any atom is -0.323 e. The molecule has 1 aromatic rings. The van der Waals surface area contributed by atoms with Crippen molar-refractivity contribution in [1.29, 1.82) is 5.26 Å². The molecule has 0 aliphatic carbocycles. The maximum atomic E-state index is 13.9. The number of halogens is 4. The Morgan fingerprint density at radius 2 is 2.10 bits per heavy atom. The highest BCUT2D eigenvalue weighted by Gasteiger charge is 2.37. The normalized spacial score (nSPS) is 18.9. The Balaban J connectivity index is 2.39. The lowest BCUT2D eigenvalue weighted by Crippen LogP contribution is -2.35. The summed E-state index contributed by atoms with van der Waals surface area (Å²) in [6.45, 7) is 0.243. The summed E-state index contributed by atoms with van der Waals surface area (Å²) in [6.07, 6.45) is -3.84. The third-order valence-electron chi connectivity index (χ3n) is 3.20. The van der Waals surface area contributed by atoms with Gasteiger partial charge in [0.05, 0.1) is 17.2 Å². The fourth-order valence-corrected chi connectivity index (χ4v) is 2.21. The number of carbonyl (C=O) groups is 1. The molecule has 1 heterocycles. The number of carbonyl (C=O) groups excluding carboxylic acids is 1. The summed E-state index contributed by atoms with van der Waals surface area (Å²) in [5.74, 6) is -2.47. The molecule has 1 amide bonds. The molecule has 0 aromatic heterocycles. The van der Waals surface area contributed by atoms with Crippen LogP contribution in [0.15, 0.2) is 18.2 Å². The lowest BCUT2D eigenvalue weighted by Gasteiger charge is -2.20. The number of alkyl halides is 3. The molecule has 0 saturated carbocycles. The Morgan fingerprint density at radius 3 is 2.70 bits per heavy atom. The summed E-state index contributed by atoms with van der Waals surface area (Å²) in [4.78, 5) is 13.2. The quantitative estimate of drug-likeness (QED) is 0.745. The van der Waals surface area contributed by atoms with Crippen LogP contribution in [0.1, 0.15) is 28.8 Å². The van der Waals surface area contributed by atoms with Crippen LogP contribution < -0.4 is 0 Å². The fraction of sp³-hybridized carbons (Fsp3) is 0.385. The van der Waals surface area contributed by atoms with Gasteiger partial charge in [-0.05, 0) is 25.0 Å². The van der Waals surface area contributed by atoms with E-state index in [1.54, 1.807) is 0 Å². The van der Waals surface area contributed by atoms with E-state index in [1.807, 2.05) is 6.07 Å². The number of nitrogens with zero attached hydrogens (tertiary/aromatic N) is 2. The van der Waals surface area contributed by atoms with Crippen LogP contribution in [0.5, 0.6) is 0 Å². The number of rotatable bonds is 1. The highest BCUT2D eigenvalue weighted by molar-refractivity contribution is 5.95. The second-order valence-electron chi connectivity index (χ2n) is 4.45. The van der Waals surface area contributed by atoms with Gasteiger partial charge in [-0.15, -0.1) is 0 Å². The molecule has 2 rings (SSSR count). The summed E-state index contributed by atoms with van der Waals surface area (Å²) >= 11 is 0. The second kappa shape index (κ2) is 5.12. The zero-order valence-electron chi connectivity index (χ0n) is 10.2. The molecule has 3 nitrogen and oxygen atoms in total. The fourth-order valence-electron chi connectivity index (χ4n) is 2.21. The molecular weight excluding hydrogens is 276 g/mol. The van der Waals surface area contributed by atoms with Crippen LogP contribution >= 0.6 is 0 Å². The molecule has 20 heavy (non-hydrogen) atoms. The lowest BCUT2D eigenvalue weighted by molar-refractivity contribution is -0.140. The number of hydrogen-bond acceptors (Lipinski definition) is 2. The van der Waals surface area contributed by atoms with Crippen LogP contribution in [-0.4, -0.2) is 23.4 Å². The number of benzene rings is 1. The summed E-state index contributed by atoms with van der Waals surface area (Å²) in [5.41, 5.74) is -2.13. The molecule has 1 unspecified atom stereocenters. The van der Waals surface area contributed by atoms with E-state index in [0.29, 0.717) is 18.9 Å². The molecule has 1 aromatic carbocycles. The monoisotopic (exact) mass is 286 g/mol. The average Bonchev–Trinajstić information content (AvgIpc) is 2.85. The van der Waals surface area contributed by atoms with Gasteiger partial charge in [-0.2, -0.15) is 18.4 Å². The van der Waals surface area contributed by atoms with Crippen molar-refractivity contribution in [3.8, 4) is 6.07 Å². The van der Waals surface area contributed by atoms with Crippen LogP contribution in [0.2, 0.25) is 0 Å².